The van der Waals surface area contributed by atoms with Crippen LogP contribution in [0, 0.1) is 5.92 Å². The van der Waals surface area contributed by atoms with Gasteiger partial charge in [-0.05, 0) is 31.4 Å². The lowest BCUT2D eigenvalue weighted by Gasteiger charge is -2.32. The standard InChI is InChI=1S/C18H21ClN2O5/c1-3-12(18(23)24)16-10(2)4-5-21(17(16)22)20-8-11-6-14-15(7-13(11)19)26-9-25-14/h6-7,12,20H,3-5,8-9H2,1-2H3,(H,23,24). The van der Waals surface area contributed by atoms with Crippen LogP contribution in [0.15, 0.2) is 23.3 Å². The van der Waals surface area contributed by atoms with Gasteiger partial charge >= 0.3 is 5.97 Å². The second-order valence-electron chi connectivity index (χ2n) is 6.33. The van der Waals surface area contributed by atoms with E-state index in [1.54, 1.807) is 19.1 Å². The zero-order chi connectivity index (χ0) is 18.8. The van der Waals surface area contributed by atoms with Crippen LogP contribution in [0.5, 0.6) is 11.5 Å². The van der Waals surface area contributed by atoms with Gasteiger partial charge in [0.2, 0.25) is 6.79 Å². The van der Waals surface area contributed by atoms with Crippen molar-refractivity contribution >= 4 is 23.5 Å². The van der Waals surface area contributed by atoms with Crippen LogP contribution in [-0.4, -0.2) is 35.3 Å². The number of carboxylic acid groups (broad SMARTS) is 1. The maximum absolute atomic E-state index is 12.8. The summed E-state index contributed by atoms with van der Waals surface area (Å²) in [4.78, 5) is 24.3. The van der Waals surface area contributed by atoms with Gasteiger partial charge in [0.05, 0.1) is 5.92 Å². The van der Waals surface area contributed by atoms with Crippen LogP contribution in [0.1, 0.15) is 32.3 Å². The number of ether oxygens (including phenoxy) is 2. The molecule has 140 valence electrons. The minimum atomic E-state index is -0.976. The van der Waals surface area contributed by atoms with Crippen LogP contribution in [0.2, 0.25) is 5.02 Å². The molecule has 2 heterocycles. The van der Waals surface area contributed by atoms with Gasteiger partial charge in [0.1, 0.15) is 0 Å². The molecule has 2 aliphatic heterocycles. The fourth-order valence-electron chi connectivity index (χ4n) is 3.22. The predicted octanol–water partition coefficient (Wildman–Crippen LogP) is 2.73. The summed E-state index contributed by atoms with van der Waals surface area (Å²) in [5, 5.41) is 11.4. The van der Waals surface area contributed by atoms with Crippen molar-refractivity contribution < 1.29 is 24.2 Å². The summed E-state index contributed by atoms with van der Waals surface area (Å²) in [6.07, 6.45) is 1.00. The van der Waals surface area contributed by atoms with Gasteiger partial charge in [-0.2, -0.15) is 0 Å². The Morgan fingerprint density at radius 3 is 2.73 bits per heavy atom. The molecule has 0 saturated heterocycles. The molecule has 3 rings (SSSR count). The molecule has 0 aromatic heterocycles. The van der Waals surface area contributed by atoms with Crippen molar-refractivity contribution in [2.75, 3.05) is 13.3 Å². The fourth-order valence-corrected chi connectivity index (χ4v) is 3.44. The lowest BCUT2D eigenvalue weighted by Crippen LogP contribution is -2.48. The average Bonchev–Trinajstić information content (AvgIpc) is 3.04. The summed E-state index contributed by atoms with van der Waals surface area (Å²) in [6, 6.07) is 3.46. The number of hydrazine groups is 1. The first-order valence-electron chi connectivity index (χ1n) is 8.48. The number of nitrogens with zero attached hydrogens (tertiary/aromatic N) is 1. The molecule has 1 aromatic carbocycles. The van der Waals surface area contributed by atoms with E-state index < -0.39 is 11.9 Å². The molecule has 1 aromatic rings. The van der Waals surface area contributed by atoms with E-state index in [0.29, 0.717) is 48.0 Å². The number of benzene rings is 1. The Labute approximate surface area is 156 Å². The number of carbonyl (C=O) groups excluding carboxylic acids is 1. The van der Waals surface area contributed by atoms with Gasteiger partial charge in [-0.15, -0.1) is 0 Å². The summed E-state index contributed by atoms with van der Waals surface area (Å²) < 4.78 is 10.6. The minimum Gasteiger partial charge on any atom is -0.481 e. The van der Waals surface area contributed by atoms with Crippen molar-refractivity contribution in [1.82, 2.24) is 10.4 Å². The van der Waals surface area contributed by atoms with E-state index in [2.05, 4.69) is 5.43 Å². The lowest BCUT2D eigenvalue weighted by atomic mass is 9.88. The SMILES string of the molecule is CCC(C(=O)O)C1=C(C)CCN(NCc2cc3c(cc2Cl)OCO3)C1=O. The van der Waals surface area contributed by atoms with E-state index in [1.165, 1.54) is 5.01 Å². The second-order valence-corrected chi connectivity index (χ2v) is 6.74. The largest absolute Gasteiger partial charge is 0.481 e. The van der Waals surface area contributed by atoms with E-state index >= 15 is 0 Å². The topological polar surface area (TPSA) is 88.1 Å². The monoisotopic (exact) mass is 380 g/mol. The fraction of sp³-hybridized carbons (Fsp3) is 0.444. The van der Waals surface area contributed by atoms with Crippen molar-refractivity contribution in [2.45, 2.75) is 33.2 Å². The molecule has 0 radical (unpaired) electrons. The van der Waals surface area contributed by atoms with Crippen LogP contribution >= 0.6 is 11.6 Å². The first kappa shape index (κ1) is 18.5. The molecule has 0 aliphatic carbocycles. The van der Waals surface area contributed by atoms with Crippen molar-refractivity contribution in [3.8, 4) is 11.5 Å². The lowest BCUT2D eigenvalue weighted by molar-refractivity contribution is -0.143. The quantitative estimate of drug-likeness (QED) is 0.789. The first-order chi connectivity index (χ1) is 12.4. The summed E-state index contributed by atoms with van der Waals surface area (Å²) in [5.41, 5.74) is 5.04. The molecule has 0 fully saturated rings. The van der Waals surface area contributed by atoms with E-state index in [1.807, 2.05) is 6.92 Å². The maximum Gasteiger partial charge on any atom is 0.311 e. The minimum absolute atomic E-state index is 0.161. The molecule has 0 spiro atoms. The molecule has 26 heavy (non-hydrogen) atoms. The molecule has 2 N–H and O–H groups in total. The van der Waals surface area contributed by atoms with E-state index in [4.69, 9.17) is 21.1 Å². The highest BCUT2D eigenvalue weighted by Gasteiger charge is 2.33. The predicted molar refractivity (Wildman–Crippen MR) is 94.9 cm³/mol. The van der Waals surface area contributed by atoms with Crippen LogP contribution in [0.3, 0.4) is 0 Å². The molecular weight excluding hydrogens is 360 g/mol. The first-order valence-corrected chi connectivity index (χ1v) is 8.86. The number of hydrogen-bond donors (Lipinski definition) is 2. The molecule has 2 aliphatic rings. The van der Waals surface area contributed by atoms with Crippen molar-refractivity contribution in [2.24, 2.45) is 5.92 Å². The number of amides is 1. The Kier molecular flexibility index (Phi) is 5.38. The number of rotatable bonds is 6. The smallest absolute Gasteiger partial charge is 0.311 e. The number of halogens is 1. The summed E-state index contributed by atoms with van der Waals surface area (Å²) in [5.74, 6) is -0.845. The van der Waals surface area contributed by atoms with Crippen molar-refractivity contribution in [1.29, 1.82) is 0 Å². The van der Waals surface area contributed by atoms with Crippen molar-refractivity contribution in [3.05, 3.63) is 33.9 Å². The van der Waals surface area contributed by atoms with Gasteiger partial charge < -0.3 is 14.6 Å². The van der Waals surface area contributed by atoms with Gasteiger partial charge in [0.15, 0.2) is 11.5 Å². The number of fused-ring (bicyclic) bond motifs is 1. The second kappa shape index (κ2) is 7.55. The van der Waals surface area contributed by atoms with E-state index in [0.717, 1.165) is 11.1 Å². The number of hydrogen-bond acceptors (Lipinski definition) is 5. The molecule has 7 nitrogen and oxygen atoms in total. The summed E-state index contributed by atoms with van der Waals surface area (Å²) in [6.45, 7) is 4.55. The number of carbonyl (C=O) groups is 2. The van der Waals surface area contributed by atoms with Gasteiger partial charge in [-0.3, -0.25) is 14.6 Å². The summed E-state index contributed by atoms with van der Waals surface area (Å²) in [7, 11) is 0. The van der Waals surface area contributed by atoms with E-state index in [9.17, 15) is 14.7 Å². The van der Waals surface area contributed by atoms with Crippen LogP contribution in [-0.2, 0) is 16.1 Å². The number of nitrogens with one attached hydrogen (secondary N) is 1. The third kappa shape index (κ3) is 3.50. The van der Waals surface area contributed by atoms with Gasteiger partial charge in [-0.25, -0.2) is 5.43 Å². The normalized spacial score (nSPS) is 17.7. The van der Waals surface area contributed by atoms with Crippen LogP contribution in [0.25, 0.3) is 0 Å². The highest BCUT2D eigenvalue weighted by atomic mass is 35.5. The van der Waals surface area contributed by atoms with Crippen LogP contribution < -0.4 is 14.9 Å². The maximum atomic E-state index is 12.8. The molecule has 0 bridgehead atoms. The average molecular weight is 381 g/mol. The zero-order valence-corrected chi connectivity index (χ0v) is 15.4. The molecule has 8 heteroatoms. The third-order valence-electron chi connectivity index (χ3n) is 4.70. The van der Waals surface area contributed by atoms with E-state index in [-0.39, 0.29) is 12.7 Å². The number of carboxylic acids is 1. The molecule has 0 saturated carbocycles. The molecule has 1 unspecified atom stereocenters. The molecular formula is C18H21ClN2O5. The Morgan fingerprint density at radius 2 is 2.08 bits per heavy atom. The Morgan fingerprint density at radius 1 is 1.38 bits per heavy atom. The number of aliphatic carboxylic acids is 1. The highest BCUT2D eigenvalue weighted by molar-refractivity contribution is 6.31. The highest BCUT2D eigenvalue weighted by Crippen LogP contribution is 2.37. The van der Waals surface area contributed by atoms with Gasteiger partial charge in [0, 0.05) is 29.8 Å². The van der Waals surface area contributed by atoms with Gasteiger partial charge in [-0.1, -0.05) is 24.1 Å². The molecule has 1 amide bonds. The Balaban J connectivity index is 1.73. The zero-order valence-electron chi connectivity index (χ0n) is 14.7. The molecule has 1 atom stereocenters. The Bertz CT molecular complexity index is 777. The third-order valence-corrected chi connectivity index (χ3v) is 5.05. The van der Waals surface area contributed by atoms with Crippen LogP contribution in [0.4, 0.5) is 0 Å². The Hall–Kier alpha value is -2.25. The van der Waals surface area contributed by atoms with Gasteiger partial charge in [0.25, 0.3) is 5.91 Å². The summed E-state index contributed by atoms with van der Waals surface area (Å²) >= 11 is 6.26. The van der Waals surface area contributed by atoms with Crippen molar-refractivity contribution in [3.63, 3.8) is 0 Å².